The van der Waals surface area contributed by atoms with E-state index in [4.69, 9.17) is 39.8 Å². The van der Waals surface area contributed by atoms with Crippen LogP contribution in [0, 0.1) is 0 Å². The van der Waals surface area contributed by atoms with E-state index in [2.05, 4.69) is 35.3 Å². The molecule has 0 aliphatic rings. The number of ether oxygens (including phenoxy) is 1. The van der Waals surface area contributed by atoms with Crippen molar-refractivity contribution in [2.75, 3.05) is 29.2 Å². The number of carbonyl (C=O) groups excluding carboxylic acids is 1. The van der Waals surface area contributed by atoms with Gasteiger partial charge in [-0.2, -0.15) is 9.97 Å². The van der Waals surface area contributed by atoms with Crippen LogP contribution in [0.5, 0.6) is 0 Å². The van der Waals surface area contributed by atoms with Crippen LogP contribution < -0.4 is 41.0 Å². The van der Waals surface area contributed by atoms with Crippen molar-refractivity contribution in [3.05, 3.63) is 55.6 Å². The van der Waals surface area contributed by atoms with Crippen molar-refractivity contribution >= 4 is 92.2 Å². The van der Waals surface area contributed by atoms with E-state index in [-0.39, 0.29) is 56.8 Å². The summed E-state index contributed by atoms with van der Waals surface area (Å²) in [4.78, 5) is 38.3. The smallest absolute Gasteiger partial charge is 0.870 e. The van der Waals surface area contributed by atoms with Crippen LogP contribution >= 0.6 is 45.9 Å². The fourth-order valence-electron chi connectivity index (χ4n) is 2.43. The molecule has 198 valence electrons. The maximum atomic E-state index is 11.5. The number of methoxy groups -OCH3 is 1. The van der Waals surface area contributed by atoms with E-state index in [1.807, 2.05) is 0 Å². The Morgan fingerprint density at radius 1 is 0.921 bits per heavy atom. The number of rotatable bonds is 6. The fourth-order valence-corrected chi connectivity index (χ4v) is 4.15. The van der Waals surface area contributed by atoms with Gasteiger partial charge >= 0.3 is 30.8 Å². The number of carboxylic acid groups (broad SMARTS) is 1. The van der Waals surface area contributed by atoms with E-state index < -0.39 is 11.9 Å². The maximum absolute atomic E-state index is 11.5. The number of esters is 1. The zero-order valence-corrected chi connectivity index (χ0v) is 22.7. The van der Waals surface area contributed by atoms with E-state index in [1.54, 1.807) is 22.9 Å². The predicted octanol–water partition coefficient (Wildman–Crippen LogP) is 0.522. The molecule has 19 heteroatoms. The first kappa shape index (κ1) is 34.8. The second kappa shape index (κ2) is 15.9. The van der Waals surface area contributed by atoms with Gasteiger partial charge in [0.15, 0.2) is 11.6 Å². The maximum Gasteiger partial charge on any atom is 1.00 e. The third kappa shape index (κ3) is 8.97. The molecule has 0 aliphatic heterocycles. The standard InChI is InChI=1S/C10H9ClN4O2S.C9H7ClN4O2S.Li.2H2O/c1-17-9(16)7-6(2-3-18-7)14-8-5(12)4-13-10(11)15-8;10-9-12-3-4(11)7(14-9)13-5-1-2-17-6(5)8(15)16;;;/h2-4H,12H2,1H3,(H,13,14,15);1-3H,11H2,(H,15,16)(H,12,13,14);;2*1H2/q;;+1;;/p-1. The van der Waals surface area contributed by atoms with Crippen LogP contribution in [0.3, 0.4) is 0 Å². The summed E-state index contributed by atoms with van der Waals surface area (Å²) in [6.07, 6.45) is 2.74. The van der Waals surface area contributed by atoms with Crippen LogP contribution in [-0.2, 0) is 4.74 Å². The first-order chi connectivity index (χ1) is 16.7. The molecule has 0 saturated heterocycles. The quantitative estimate of drug-likeness (QED) is 0.116. The third-order valence-electron chi connectivity index (χ3n) is 3.98. The van der Waals surface area contributed by atoms with Gasteiger partial charge in [0.25, 0.3) is 0 Å². The molecule has 0 bridgehead atoms. The predicted molar refractivity (Wildman–Crippen MR) is 142 cm³/mol. The van der Waals surface area contributed by atoms with Gasteiger partial charge in [-0.3, -0.25) is 0 Å². The van der Waals surface area contributed by atoms with Gasteiger partial charge in [0.2, 0.25) is 10.6 Å². The molecule has 4 aromatic heterocycles. The van der Waals surface area contributed by atoms with Gasteiger partial charge in [-0.1, -0.05) is 0 Å². The zero-order chi connectivity index (χ0) is 25.5. The monoisotopic (exact) mass is 596 g/mol. The molecule has 38 heavy (non-hydrogen) atoms. The molecule has 0 radical (unpaired) electrons. The van der Waals surface area contributed by atoms with Gasteiger partial charge in [0.05, 0.1) is 42.3 Å². The van der Waals surface area contributed by atoms with Crippen LogP contribution in [0.2, 0.25) is 10.6 Å². The number of carbonyl (C=O) groups is 2. The summed E-state index contributed by atoms with van der Waals surface area (Å²) in [6, 6.07) is 3.36. The Morgan fingerprint density at radius 3 is 1.76 bits per heavy atom. The molecule has 0 fully saturated rings. The minimum absolute atomic E-state index is 0. The van der Waals surface area contributed by atoms with E-state index in [9.17, 15) is 9.59 Å². The third-order valence-corrected chi connectivity index (χ3v) is 6.14. The van der Waals surface area contributed by atoms with Crippen molar-refractivity contribution in [2.24, 2.45) is 0 Å². The van der Waals surface area contributed by atoms with Crippen LogP contribution in [0.25, 0.3) is 0 Å². The summed E-state index contributed by atoms with van der Waals surface area (Å²) in [7, 11) is 1.32. The Kier molecular flexibility index (Phi) is 14.6. The first-order valence-electron chi connectivity index (χ1n) is 9.26. The van der Waals surface area contributed by atoms with Crippen molar-refractivity contribution in [3.8, 4) is 0 Å². The molecule has 4 rings (SSSR count). The molecule has 0 unspecified atom stereocenters. The summed E-state index contributed by atoms with van der Waals surface area (Å²) in [5, 5.41) is 18.2. The number of nitrogens with two attached hydrogens (primary N) is 2. The van der Waals surface area contributed by atoms with Gasteiger partial charge in [-0.05, 0) is 46.1 Å². The molecular weight excluding hydrogens is 578 g/mol. The van der Waals surface area contributed by atoms with Crippen molar-refractivity contribution in [3.63, 3.8) is 0 Å². The van der Waals surface area contributed by atoms with Gasteiger partial charge < -0.3 is 42.9 Å². The minimum Gasteiger partial charge on any atom is -0.870 e. The molecule has 0 aromatic carbocycles. The number of aromatic carboxylic acids is 1. The number of anilines is 6. The zero-order valence-electron chi connectivity index (χ0n) is 19.6. The van der Waals surface area contributed by atoms with Crippen molar-refractivity contribution < 1.29 is 49.2 Å². The van der Waals surface area contributed by atoms with E-state index in [0.29, 0.717) is 27.8 Å². The van der Waals surface area contributed by atoms with Crippen molar-refractivity contribution in [1.82, 2.24) is 19.9 Å². The number of hydrogen-bond donors (Lipinski definition) is 5. The average Bonchev–Trinajstić information content (AvgIpc) is 3.48. The molecule has 4 aromatic rings. The summed E-state index contributed by atoms with van der Waals surface area (Å²) in [6.45, 7) is 0. The molecule has 0 spiro atoms. The molecule has 0 aliphatic carbocycles. The number of nitrogen functional groups attached to an aromatic ring is 2. The Balaban J connectivity index is 0.000000669. The van der Waals surface area contributed by atoms with Crippen LogP contribution in [0.15, 0.2) is 35.3 Å². The molecule has 14 nitrogen and oxygen atoms in total. The topological polar surface area (TPSA) is 253 Å². The SMILES string of the molecule is COC(=O)c1sccc1Nc1nc(Cl)ncc1N.Nc1cnc(Cl)nc1Nc1ccsc1C(=O)O.O.[Li+].[OH-]. The number of carboxylic acids is 1. The van der Waals surface area contributed by atoms with Crippen molar-refractivity contribution in [2.45, 2.75) is 0 Å². The summed E-state index contributed by atoms with van der Waals surface area (Å²) < 4.78 is 4.67. The number of aromatic nitrogens is 4. The van der Waals surface area contributed by atoms with Crippen LogP contribution in [0.1, 0.15) is 19.3 Å². The van der Waals surface area contributed by atoms with E-state index >= 15 is 0 Å². The molecular formula is C19H19Cl2LiN8O6S2. The molecule has 10 N–H and O–H groups in total. The number of nitrogens with one attached hydrogen (secondary N) is 2. The Hall–Kier alpha value is -3.20. The van der Waals surface area contributed by atoms with Gasteiger partial charge in [-0.25, -0.2) is 19.6 Å². The van der Waals surface area contributed by atoms with Crippen molar-refractivity contribution in [1.29, 1.82) is 0 Å². The van der Waals surface area contributed by atoms with E-state index in [0.717, 1.165) is 11.3 Å². The summed E-state index contributed by atoms with van der Waals surface area (Å²) in [5.41, 5.74) is 13.0. The Labute approximate surface area is 245 Å². The normalized spacial score (nSPS) is 9.34. The van der Waals surface area contributed by atoms with Gasteiger partial charge in [0.1, 0.15) is 9.75 Å². The van der Waals surface area contributed by atoms with E-state index in [1.165, 1.54) is 30.8 Å². The Morgan fingerprint density at radius 2 is 1.34 bits per heavy atom. The Bertz CT molecular complexity index is 1380. The van der Waals surface area contributed by atoms with Crippen LogP contribution in [0.4, 0.5) is 34.4 Å². The largest absolute Gasteiger partial charge is 1.00 e. The number of hydrogen-bond acceptors (Lipinski definition) is 14. The average molecular weight is 597 g/mol. The molecule has 0 saturated carbocycles. The van der Waals surface area contributed by atoms with Gasteiger partial charge in [-0.15, -0.1) is 22.7 Å². The summed E-state index contributed by atoms with van der Waals surface area (Å²) in [5.74, 6) is -0.808. The number of nitrogens with zero attached hydrogens (tertiary/aromatic N) is 4. The molecule has 0 amide bonds. The van der Waals surface area contributed by atoms with Crippen LogP contribution in [-0.4, -0.2) is 55.0 Å². The number of halogens is 2. The first-order valence-corrected chi connectivity index (χ1v) is 11.8. The minimum atomic E-state index is -1.01. The van der Waals surface area contributed by atoms with Gasteiger partial charge in [0, 0.05) is 0 Å². The fraction of sp³-hybridized carbons (Fsp3) is 0.0526. The molecule has 4 heterocycles. The second-order valence-corrected chi connectivity index (χ2v) is 8.77. The number of thiophene rings is 2. The summed E-state index contributed by atoms with van der Waals surface area (Å²) >= 11 is 13.7. The molecule has 0 atom stereocenters. The second-order valence-electron chi connectivity index (χ2n) is 6.26.